The largest absolute Gasteiger partial charge is 0.326 e. The van der Waals surface area contributed by atoms with Gasteiger partial charge in [-0.2, -0.15) is 0 Å². The number of carbonyl (C=O) groups excluding carboxylic acids is 4. The molecule has 0 bridgehead atoms. The van der Waals surface area contributed by atoms with Gasteiger partial charge in [-0.15, -0.1) is 0 Å². The summed E-state index contributed by atoms with van der Waals surface area (Å²) in [4.78, 5) is 47.7. The molecule has 2 aromatic rings. The van der Waals surface area contributed by atoms with E-state index < -0.39 is 0 Å². The predicted molar refractivity (Wildman–Crippen MR) is 124 cm³/mol. The number of anilines is 4. The highest BCUT2D eigenvalue weighted by molar-refractivity contribution is 5.96. The minimum atomic E-state index is -0.174. The van der Waals surface area contributed by atoms with Gasteiger partial charge >= 0.3 is 0 Å². The van der Waals surface area contributed by atoms with E-state index in [9.17, 15) is 19.2 Å². The van der Waals surface area contributed by atoms with Crippen LogP contribution in [0.1, 0.15) is 39.5 Å². The second kappa shape index (κ2) is 10.6. The first-order valence-electron chi connectivity index (χ1n) is 10.7. The van der Waals surface area contributed by atoms with E-state index >= 15 is 0 Å². The molecular formula is C24H28N4O4. The summed E-state index contributed by atoms with van der Waals surface area (Å²) in [6.45, 7) is 2.86. The Morgan fingerprint density at radius 2 is 0.906 bits per heavy atom. The second-order valence-electron chi connectivity index (χ2n) is 8.05. The van der Waals surface area contributed by atoms with Crippen LogP contribution in [0.25, 0.3) is 0 Å². The highest BCUT2D eigenvalue weighted by Gasteiger charge is 2.30. The molecule has 4 amide bonds. The lowest BCUT2D eigenvalue weighted by Gasteiger charge is -2.27. The number of nitrogens with one attached hydrogen (secondary N) is 4. The molecule has 0 heterocycles. The molecule has 0 aliphatic heterocycles. The van der Waals surface area contributed by atoms with Crippen molar-refractivity contribution >= 4 is 46.4 Å². The molecule has 0 atom stereocenters. The van der Waals surface area contributed by atoms with E-state index in [2.05, 4.69) is 21.3 Å². The van der Waals surface area contributed by atoms with Crippen molar-refractivity contribution < 1.29 is 19.2 Å². The van der Waals surface area contributed by atoms with Crippen LogP contribution in [0.15, 0.2) is 48.5 Å². The maximum Gasteiger partial charge on any atom is 0.227 e. The van der Waals surface area contributed by atoms with Gasteiger partial charge < -0.3 is 21.3 Å². The lowest BCUT2D eigenvalue weighted by Crippen LogP contribution is -2.32. The highest BCUT2D eigenvalue weighted by atomic mass is 16.2. The van der Waals surface area contributed by atoms with Crippen LogP contribution in [-0.2, 0) is 19.2 Å². The van der Waals surface area contributed by atoms with Gasteiger partial charge in [-0.1, -0.05) is 12.1 Å². The Labute approximate surface area is 187 Å². The first-order chi connectivity index (χ1) is 15.3. The summed E-state index contributed by atoms with van der Waals surface area (Å²) in [6, 6.07) is 14.0. The Morgan fingerprint density at radius 1 is 0.594 bits per heavy atom. The molecule has 0 radical (unpaired) electrons. The van der Waals surface area contributed by atoms with Crippen LogP contribution >= 0.6 is 0 Å². The molecule has 0 unspecified atom stereocenters. The molecule has 8 nitrogen and oxygen atoms in total. The molecule has 1 aliphatic carbocycles. The third-order valence-corrected chi connectivity index (χ3v) is 5.37. The van der Waals surface area contributed by atoms with Crippen LogP contribution in [0.4, 0.5) is 22.7 Å². The highest BCUT2D eigenvalue weighted by Crippen LogP contribution is 2.31. The Balaban J connectivity index is 1.50. The lowest BCUT2D eigenvalue weighted by atomic mass is 9.81. The molecule has 2 aromatic carbocycles. The van der Waals surface area contributed by atoms with Crippen molar-refractivity contribution in [3.05, 3.63) is 48.5 Å². The molecule has 8 heteroatoms. The van der Waals surface area contributed by atoms with E-state index in [1.54, 1.807) is 48.5 Å². The lowest BCUT2D eigenvalue weighted by molar-refractivity contribution is -0.125. The number of hydrogen-bond donors (Lipinski definition) is 4. The summed E-state index contributed by atoms with van der Waals surface area (Å²) in [6.07, 6.45) is 2.50. The Kier molecular flexibility index (Phi) is 7.59. The van der Waals surface area contributed by atoms with E-state index in [0.717, 1.165) is 0 Å². The summed E-state index contributed by atoms with van der Waals surface area (Å²) in [5.74, 6) is -0.823. The maximum absolute atomic E-state index is 12.7. The van der Waals surface area contributed by atoms with Gasteiger partial charge in [0.05, 0.1) is 0 Å². The number of benzene rings is 2. The van der Waals surface area contributed by atoms with Gasteiger partial charge in [0.25, 0.3) is 0 Å². The molecule has 1 saturated carbocycles. The van der Waals surface area contributed by atoms with E-state index in [1.165, 1.54) is 13.8 Å². The third-order valence-electron chi connectivity index (χ3n) is 5.37. The van der Waals surface area contributed by atoms with Crippen molar-refractivity contribution in [2.75, 3.05) is 21.3 Å². The molecule has 1 fully saturated rings. The summed E-state index contributed by atoms with van der Waals surface area (Å²) in [7, 11) is 0. The SMILES string of the molecule is CC(=O)Nc1cccc(NC(=O)C2CCC(C(=O)Nc3cccc(NC(C)=O)c3)CC2)c1. The number of amides is 4. The topological polar surface area (TPSA) is 116 Å². The molecule has 3 rings (SSSR count). The van der Waals surface area contributed by atoms with Crippen LogP contribution in [0.3, 0.4) is 0 Å². The van der Waals surface area contributed by atoms with Gasteiger partial charge in [-0.3, -0.25) is 19.2 Å². The van der Waals surface area contributed by atoms with Crippen molar-refractivity contribution in [3.8, 4) is 0 Å². The first-order valence-corrected chi connectivity index (χ1v) is 10.7. The zero-order valence-electron chi connectivity index (χ0n) is 18.2. The molecule has 0 spiro atoms. The number of rotatable bonds is 6. The van der Waals surface area contributed by atoms with Crippen molar-refractivity contribution in [2.24, 2.45) is 11.8 Å². The van der Waals surface area contributed by atoms with E-state index in [4.69, 9.17) is 0 Å². The Bertz CT molecular complexity index is 931. The molecule has 168 valence electrons. The average molecular weight is 437 g/mol. The van der Waals surface area contributed by atoms with Gasteiger partial charge in [-0.25, -0.2) is 0 Å². The van der Waals surface area contributed by atoms with Gasteiger partial charge in [0.2, 0.25) is 23.6 Å². The van der Waals surface area contributed by atoms with Gasteiger partial charge in [-0.05, 0) is 62.1 Å². The maximum atomic E-state index is 12.7. The summed E-state index contributed by atoms with van der Waals surface area (Å²) >= 11 is 0. The van der Waals surface area contributed by atoms with Gasteiger partial charge in [0.15, 0.2) is 0 Å². The molecular weight excluding hydrogens is 408 g/mol. The third kappa shape index (κ3) is 6.66. The van der Waals surface area contributed by atoms with Crippen molar-refractivity contribution in [1.29, 1.82) is 0 Å². The number of carbonyl (C=O) groups is 4. The van der Waals surface area contributed by atoms with Crippen LogP contribution in [0.5, 0.6) is 0 Å². The van der Waals surface area contributed by atoms with Crippen LogP contribution in [0.2, 0.25) is 0 Å². The predicted octanol–water partition coefficient (Wildman–Crippen LogP) is 3.99. The first kappa shape index (κ1) is 23.0. The zero-order valence-corrected chi connectivity index (χ0v) is 18.2. The fourth-order valence-corrected chi connectivity index (χ4v) is 3.86. The summed E-state index contributed by atoms with van der Waals surface area (Å²) < 4.78 is 0. The smallest absolute Gasteiger partial charge is 0.227 e. The Hall–Kier alpha value is -3.68. The van der Waals surface area contributed by atoms with Crippen LogP contribution < -0.4 is 21.3 Å². The zero-order chi connectivity index (χ0) is 23.1. The second-order valence-corrected chi connectivity index (χ2v) is 8.05. The quantitative estimate of drug-likeness (QED) is 0.548. The minimum Gasteiger partial charge on any atom is -0.326 e. The standard InChI is InChI=1S/C24H28N4O4/c1-15(29)25-19-5-3-7-21(13-19)27-23(31)17-9-11-18(12-10-17)24(32)28-22-8-4-6-20(14-22)26-16(2)30/h3-8,13-14,17-18H,9-12H2,1-2H3,(H,25,29)(H,26,30)(H,27,31)(H,28,32). The van der Waals surface area contributed by atoms with Crippen LogP contribution in [-0.4, -0.2) is 23.6 Å². The van der Waals surface area contributed by atoms with Crippen molar-refractivity contribution in [1.82, 2.24) is 0 Å². The summed E-state index contributed by atoms with van der Waals surface area (Å²) in [5, 5.41) is 11.2. The molecule has 32 heavy (non-hydrogen) atoms. The van der Waals surface area contributed by atoms with E-state index in [1.807, 2.05) is 0 Å². The summed E-state index contributed by atoms with van der Waals surface area (Å²) in [5.41, 5.74) is 2.50. The van der Waals surface area contributed by atoms with Crippen LogP contribution in [0, 0.1) is 11.8 Å². The number of hydrogen-bond acceptors (Lipinski definition) is 4. The van der Waals surface area contributed by atoms with Gasteiger partial charge in [0.1, 0.15) is 0 Å². The molecule has 0 aromatic heterocycles. The normalized spacial score (nSPS) is 17.7. The minimum absolute atomic E-state index is 0.0770. The monoisotopic (exact) mass is 436 g/mol. The van der Waals surface area contributed by atoms with E-state index in [-0.39, 0.29) is 35.5 Å². The van der Waals surface area contributed by atoms with E-state index in [0.29, 0.717) is 48.4 Å². The molecule has 0 saturated heterocycles. The molecule has 1 aliphatic rings. The average Bonchev–Trinajstić information content (AvgIpc) is 2.73. The fraction of sp³-hybridized carbons (Fsp3) is 0.333. The molecule has 4 N–H and O–H groups in total. The van der Waals surface area contributed by atoms with Crippen molar-refractivity contribution in [3.63, 3.8) is 0 Å². The fourth-order valence-electron chi connectivity index (χ4n) is 3.86. The van der Waals surface area contributed by atoms with Crippen molar-refractivity contribution in [2.45, 2.75) is 39.5 Å². The Morgan fingerprint density at radius 3 is 1.22 bits per heavy atom. The van der Waals surface area contributed by atoms with Gasteiger partial charge in [0, 0.05) is 48.4 Å².